The molecule has 0 aromatic carbocycles. The number of hydrogen-bond acceptors (Lipinski definition) is 3. The summed E-state index contributed by atoms with van der Waals surface area (Å²) in [6.07, 6.45) is -2.18. The minimum absolute atomic E-state index is 0.233. The summed E-state index contributed by atoms with van der Waals surface area (Å²) >= 11 is 0. The molecule has 1 aromatic rings. The lowest BCUT2D eigenvalue weighted by Gasteiger charge is -2.32. The zero-order valence-corrected chi connectivity index (χ0v) is 10.0. The Morgan fingerprint density at radius 1 is 1.47 bits per heavy atom. The van der Waals surface area contributed by atoms with Crippen LogP contribution in [0.4, 0.5) is 18.9 Å². The minimum atomic E-state index is -4.49. The van der Waals surface area contributed by atoms with Gasteiger partial charge in [-0.3, -0.25) is 9.78 Å². The van der Waals surface area contributed by atoms with Crippen molar-refractivity contribution in [1.29, 1.82) is 0 Å². The lowest BCUT2D eigenvalue weighted by molar-refractivity contribution is -0.142. The van der Waals surface area contributed by atoms with Gasteiger partial charge in [0.2, 0.25) is 0 Å². The molecule has 1 unspecified atom stereocenters. The van der Waals surface area contributed by atoms with Gasteiger partial charge in [0.1, 0.15) is 5.69 Å². The second kappa shape index (κ2) is 5.07. The van der Waals surface area contributed by atoms with E-state index in [1.807, 2.05) is 0 Å². The molecule has 1 saturated heterocycles. The zero-order valence-electron chi connectivity index (χ0n) is 10.0. The normalized spacial score (nSPS) is 20.4. The van der Waals surface area contributed by atoms with Crippen molar-refractivity contribution in [3.8, 4) is 0 Å². The third-order valence-corrected chi connectivity index (χ3v) is 3.17. The van der Waals surface area contributed by atoms with Crippen LogP contribution in [0, 0.1) is 5.92 Å². The highest BCUT2D eigenvalue weighted by molar-refractivity contribution is 5.71. The van der Waals surface area contributed by atoms with Gasteiger partial charge in [0.25, 0.3) is 0 Å². The molecule has 1 fully saturated rings. The zero-order chi connectivity index (χ0) is 14.0. The first-order chi connectivity index (χ1) is 8.88. The van der Waals surface area contributed by atoms with E-state index >= 15 is 0 Å². The quantitative estimate of drug-likeness (QED) is 0.899. The minimum Gasteiger partial charge on any atom is -0.481 e. The van der Waals surface area contributed by atoms with E-state index in [2.05, 4.69) is 4.98 Å². The van der Waals surface area contributed by atoms with Gasteiger partial charge in [0.05, 0.1) is 5.92 Å². The van der Waals surface area contributed by atoms with E-state index in [0.29, 0.717) is 25.1 Å². The molecule has 0 aliphatic carbocycles. The van der Waals surface area contributed by atoms with Crippen molar-refractivity contribution >= 4 is 11.7 Å². The van der Waals surface area contributed by atoms with Crippen molar-refractivity contribution in [2.24, 2.45) is 5.92 Å². The van der Waals surface area contributed by atoms with Crippen LogP contribution in [0.1, 0.15) is 18.5 Å². The summed E-state index contributed by atoms with van der Waals surface area (Å²) in [6, 6.07) is 2.43. The number of alkyl halides is 3. The number of aromatic nitrogens is 1. The molecule has 2 rings (SSSR count). The molecule has 1 atom stereocenters. The molecule has 1 N–H and O–H groups in total. The molecule has 0 spiro atoms. The van der Waals surface area contributed by atoms with Gasteiger partial charge in [-0.05, 0) is 25.0 Å². The summed E-state index contributed by atoms with van der Waals surface area (Å²) in [7, 11) is 0. The van der Waals surface area contributed by atoms with Crippen LogP contribution in [0.2, 0.25) is 0 Å². The van der Waals surface area contributed by atoms with E-state index in [1.54, 1.807) is 4.90 Å². The van der Waals surface area contributed by atoms with Crippen molar-refractivity contribution in [1.82, 2.24) is 4.98 Å². The number of aliphatic carboxylic acids is 1. The van der Waals surface area contributed by atoms with Crippen LogP contribution >= 0.6 is 0 Å². The van der Waals surface area contributed by atoms with E-state index in [-0.39, 0.29) is 6.54 Å². The summed E-state index contributed by atoms with van der Waals surface area (Å²) in [5.41, 5.74) is -0.587. The molecule has 1 aliphatic heterocycles. The van der Waals surface area contributed by atoms with E-state index in [9.17, 15) is 18.0 Å². The van der Waals surface area contributed by atoms with Crippen molar-refractivity contribution in [3.05, 3.63) is 24.0 Å². The Bertz CT molecular complexity index is 476. The number of pyridine rings is 1. The molecule has 2 heterocycles. The fourth-order valence-corrected chi connectivity index (χ4v) is 2.18. The summed E-state index contributed by atoms with van der Waals surface area (Å²) in [4.78, 5) is 15.9. The smallest absolute Gasteiger partial charge is 0.433 e. The van der Waals surface area contributed by atoms with E-state index in [4.69, 9.17) is 5.11 Å². The Kier molecular flexibility index (Phi) is 3.64. The SMILES string of the molecule is O=C(O)C1CCCN(c2ccnc(C(F)(F)F)c2)C1. The second-order valence-electron chi connectivity index (χ2n) is 4.52. The highest BCUT2D eigenvalue weighted by Crippen LogP contribution is 2.31. The lowest BCUT2D eigenvalue weighted by atomic mass is 9.98. The molecule has 0 bridgehead atoms. The number of rotatable bonds is 2. The van der Waals surface area contributed by atoms with Gasteiger partial charge < -0.3 is 10.0 Å². The van der Waals surface area contributed by atoms with E-state index in [1.165, 1.54) is 6.07 Å². The van der Waals surface area contributed by atoms with Gasteiger partial charge in [-0.1, -0.05) is 0 Å². The third-order valence-electron chi connectivity index (χ3n) is 3.17. The maximum absolute atomic E-state index is 12.6. The molecule has 19 heavy (non-hydrogen) atoms. The fourth-order valence-electron chi connectivity index (χ4n) is 2.18. The van der Waals surface area contributed by atoms with Gasteiger partial charge in [-0.15, -0.1) is 0 Å². The Labute approximate surface area is 107 Å². The molecule has 0 radical (unpaired) electrons. The van der Waals surface area contributed by atoms with Crippen LogP contribution < -0.4 is 4.90 Å². The highest BCUT2D eigenvalue weighted by atomic mass is 19.4. The molecule has 0 amide bonds. The molecular weight excluding hydrogens is 261 g/mol. The predicted molar refractivity (Wildman–Crippen MR) is 61.8 cm³/mol. The molecule has 0 saturated carbocycles. The van der Waals surface area contributed by atoms with Crippen LogP contribution in [0.15, 0.2) is 18.3 Å². The first-order valence-electron chi connectivity index (χ1n) is 5.89. The summed E-state index contributed by atoms with van der Waals surface area (Å²) in [5, 5.41) is 8.97. The van der Waals surface area contributed by atoms with E-state index in [0.717, 1.165) is 12.3 Å². The number of piperidine rings is 1. The topological polar surface area (TPSA) is 53.4 Å². The van der Waals surface area contributed by atoms with Crippen molar-refractivity contribution in [2.75, 3.05) is 18.0 Å². The molecule has 7 heteroatoms. The number of carbonyl (C=O) groups is 1. The monoisotopic (exact) mass is 274 g/mol. The van der Waals surface area contributed by atoms with Gasteiger partial charge in [-0.2, -0.15) is 13.2 Å². The molecule has 1 aromatic heterocycles. The van der Waals surface area contributed by atoms with Crippen LogP contribution in [-0.2, 0) is 11.0 Å². The Morgan fingerprint density at radius 2 is 2.21 bits per heavy atom. The first kappa shape index (κ1) is 13.6. The Morgan fingerprint density at radius 3 is 2.84 bits per heavy atom. The van der Waals surface area contributed by atoms with Gasteiger partial charge in [-0.25, -0.2) is 0 Å². The molecule has 4 nitrogen and oxygen atoms in total. The van der Waals surface area contributed by atoms with Gasteiger partial charge >= 0.3 is 12.1 Å². The number of hydrogen-bond donors (Lipinski definition) is 1. The van der Waals surface area contributed by atoms with Crippen LogP contribution in [0.5, 0.6) is 0 Å². The second-order valence-corrected chi connectivity index (χ2v) is 4.52. The van der Waals surface area contributed by atoms with Crippen molar-refractivity contribution in [3.63, 3.8) is 0 Å². The highest BCUT2D eigenvalue weighted by Gasteiger charge is 2.33. The number of carboxylic acids is 1. The summed E-state index contributed by atoms with van der Waals surface area (Å²) in [5.74, 6) is -1.44. The number of nitrogens with zero attached hydrogens (tertiary/aromatic N) is 2. The average Bonchev–Trinajstić information content (AvgIpc) is 2.38. The van der Waals surface area contributed by atoms with Gasteiger partial charge in [0.15, 0.2) is 0 Å². The summed E-state index contributed by atoms with van der Waals surface area (Å²) in [6.45, 7) is 0.793. The fraction of sp³-hybridized carbons (Fsp3) is 0.500. The van der Waals surface area contributed by atoms with Crippen molar-refractivity contribution in [2.45, 2.75) is 19.0 Å². The maximum atomic E-state index is 12.6. The van der Waals surface area contributed by atoms with Crippen molar-refractivity contribution < 1.29 is 23.1 Å². The number of carboxylic acid groups (broad SMARTS) is 1. The number of halogens is 3. The summed E-state index contributed by atoms with van der Waals surface area (Å²) < 4.78 is 37.7. The Balaban J connectivity index is 2.20. The van der Waals surface area contributed by atoms with Crippen LogP contribution in [0.3, 0.4) is 0 Å². The largest absolute Gasteiger partial charge is 0.481 e. The third kappa shape index (κ3) is 3.15. The molecule has 104 valence electrons. The average molecular weight is 274 g/mol. The standard InChI is InChI=1S/C12H13F3N2O2/c13-12(14,15)10-6-9(3-4-16-10)17-5-1-2-8(7-17)11(18)19/h3-4,6,8H,1-2,5,7H2,(H,18,19). The number of anilines is 1. The molecular formula is C12H13F3N2O2. The molecule has 1 aliphatic rings. The maximum Gasteiger partial charge on any atom is 0.433 e. The first-order valence-corrected chi connectivity index (χ1v) is 5.89. The Hall–Kier alpha value is -1.79. The predicted octanol–water partition coefficient (Wildman–Crippen LogP) is 2.40. The van der Waals surface area contributed by atoms with Crippen LogP contribution in [0.25, 0.3) is 0 Å². The lowest BCUT2D eigenvalue weighted by Crippen LogP contribution is -2.38. The van der Waals surface area contributed by atoms with Gasteiger partial charge in [0, 0.05) is 25.0 Å². The van der Waals surface area contributed by atoms with E-state index < -0.39 is 23.8 Å². The van der Waals surface area contributed by atoms with Crippen LogP contribution in [-0.4, -0.2) is 29.1 Å².